The molecule has 0 atom stereocenters. The van der Waals surface area contributed by atoms with E-state index in [1.165, 1.54) is 0 Å². The Morgan fingerprint density at radius 1 is 1.61 bits per heavy atom. The van der Waals surface area contributed by atoms with Crippen molar-refractivity contribution in [3.8, 4) is 0 Å². The van der Waals surface area contributed by atoms with Crippen molar-refractivity contribution in [2.45, 2.75) is 13.5 Å². The highest BCUT2D eigenvalue weighted by molar-refractivity contribution is 5.90. The van der Waals surface area contributed by atoms with Crippen LogP contribution in [0.25, 0.3) is 0 Å². The van der Waals surface area contributed by atoms with Gasteiger partial charge in [0.1, 0.15) is 5.56 Å². The summed E-state index contributed by atoms with van der Waals surface area (Å²) < 4.78 is 6.75. The van der Waals surface area contributed by atoms with Gasteiger partial charge >= 0.3 is 5.97 Å². The van der Waals surface area contributed by atoms with Gasteiger partial charge in [0.25, 0.3) is 0 Å². The maximum absolute atomic E-state index is 11.8. The number of carbonyl (C=O) groups excluding carboxylic acids is 1. The van der Waals surface area contributed by atoms with Crippen LogP contribution in [0.5, 0.6) is 0 Å². The second-order valence-electron chi connectivity index (χ2n) is 4.19. The maximum atomic E-state index is 11.8. The van der Waals surface area contributed by atoms with E-state index in [2.05, 4.69) is 15.3 Å². The van der Waals surface area contributed by atoms with Gasteiger partial charge in [-0.1, -0.05) is 0 Å². The fourth-order valence-corrected chi connectivity index (χ4v) is 1.67. The van der Waals surface area contributed by atoms with Crippen molar-refractivity contribution < 1.29 is 9.53 Å². The molecule has 0 amide bonds. The van der Waals surface area contributed by atoms with E-state index in [0.717, 1.165) is 18.8 Å². The maximum Gasteiger partial charge on any atom is 0.341 e. The summed E-state index contributed by atoms with van der Waals surface area (Å²) in [6.45, 7) is 4.66. The minimum atomic E-state index is -0.303. The molecule has 1 heterocycles. The molecule has 0 aliphatic carbocycles. The van der Waals surface area contributed by atoms with E-state index in [1.54, 1.807) is 17.8 Å². The summed E-state index contributed by atoms with van der Waals surface area (Å²) in [4.78, 5) is 13.9. The number of rotatable bonds is 7. The van der Waals surface area contributed by atoms with E-state index in [4.69, 9.17) is 4.74 Å². The van der Waals surface area contributed by atoms with Crippen molar-refractivity contribution in [2.75, 3.05) is 33.8 Å². The zero-order chi connectivity index (χ0) is 13.5. The summed E-state index contributed by atoms with van der Waals surface area (Å²) in [6.07, 6.45) is 1.57. The number of carbonyl (C=O) groups is 1. The average molecular weight is 254 g/mol. The van der Waals surface area contributed by atoms with Crippen molar-refractivity contribution in [2.24, 2.45) is 7.05 Å². The third-order valence-electron chi connectivity index (χ3n) is 2.72. The molecule has 1 aromatic rings. The number of aromatic nitrogens is 2. The van der Waals surface area contributed by atoms with Gasteiger partial charge in [-0.05, 0) is 21.0 Å². The van der Waals surface area contributed by atoms with E-state index >= 15 is 0 Å². The van der Waals surface area contributed by atoms with Crippen LogP contribution >= 0.6 is 0 Å². The molecular formula is C12H22N4O2. The Morgan fingerprint density at radius 3 is 2.94 bits per heavy atom. The van der Waals surface area contributed by atoms with Crippen molar-refractivity contribution in [1.29, 1.82) is 0 Å². The lowest BCUT2D eigenvalue weighted by Gasteiger charge is -2.17. The number of hydrogen-bond donors (Lipinski definition) is 1. The number of aryl methyl sites for hydroxylation is 1. The molecule has 0 spiro atoms. The molecular weight excluding hydrogens is 232 g/mol. The van der Waals surface area contributed by atoms with E-state index < -0.39 is 0 Å². The third kappa shape index (κ3) is 3.82. The molecule has 6 heteroatoms. The Kier molecular flexibility index (Phi) is 5.80. The lowest BCUT2D eigenvalue weighted by Crippen LogP contribution is -2.28. The van der Waals surface area contributed by atoms with E-state index in [9.17, 15) is 4.79 Å². The summed E-state index contributed by atoms with van der Waals surface area (Å²) in [5.41, 5.74) is 1.43. The van der Waals surface area contributed by atoms with Crippen LogP contribution in [0.3, 0.4) is 0 Å². The average Bonchev–Trinajstić information content (AvgIpc) is 2.69. The highest BCUT2D eigenvalue weighted by Crippen LogP contribution is 2.11. The largest absolute Gasteiger partial charge is 0.462 e. The van der Waals surface area contributed by atoms with E-state index in [-0.39, 0.29) is 5.97 Å². The molecule has 0 radical (unpaired) electrons. The minimum Gasteiger partial charge on any atom is -0.462 e. The molecule has 6 nitrogen and oxygen atoms in total. The zero-order valence-electron chi connectivity index (χ0n) is 11.6. The normalized spacial score (nSPS) is 10.9. The number of nitrogens with zero attached hydrogens (tertiary/aromatic N) is 3. The lowest BCUT2D eigenvalue weighted by atomic mass is 10.2. The second kappa shape index (κ2) is 7.13. The van der Waals surface area contributed by atoms with Crippen LogP contribution in [0.2, 0.25) is 0 Å². The van der Waals surface area contributed by atoms with E-state index in [0.29, 0.717) is 18.7 Å². The Morgan fingerprint density at radius 2 is 2.33 bits per heavy atom. The van der Waals surface area contributed by atoms with E-state index in [1.807, 2.05) is 21.1 Å². The van der Waals surface area contributed by atoms with Crippen LogP contribution in [-0.2, 0) is 18.3 Å². The summed E-state index contributed by atoms with van der Waals surface area (Å²) in [6, 6.07) is 0. The van der Waals surface area contributed by atoms with Crippen LogP contribution in [0.4, 0.5) is 0 Å². The van der Waals surface area contributed by atoms with Gasteiger partial charge in [0.15, 0.2) is 0 Å². The molecule has 1 N–H and O–H groups in total. The van der Waals surface area contributed by atoms with Crippen LogP contribution in [-0.4, -0.2) is 54.4 Å². The first-order valence-electron chi connectivity index (χ1n) is 6.11. The number of likely N-dealkylation sites (N-methyl/N-ethyl adjacent to an activating group) is 2. The first-order chi connectivity index (χ1) is 8.60. The molecule has 102 valence electrons. The fraction of sp³-hybridized carbons (Fsp3) is 0.667. The first-order valence-corrected chi connectivity index (χ1v) is 6.11. The monoisotopic (exact) mass is 254 g/mol. The van der Waals surface area contributed by atoms with Crippen LogP contribution in [0.1, 0.15) is 23.0 Å². The molecule has 1 rings (SSSR count). The highest BCUT2D eigenvalue weighted by Gasteiger charge is 2.18. The van der Waals surface area contributed by atoms with Gasteiger partial charge in [-0.25, -0.2) is 4.79 Å². The lowest BCUT2D eigenvalue weighted by molar-refractivity contribution is 0.0524. The number of esters is 1. The van der Waals surface area contributed by atoms with Gasteiger partial charge in [-0.15, -0.1) is 0 Å². The third-order valence-corrected chi connectivity index (χ3v) is 2.72. The smallest absolute Gasteiger partial charge is 0.341 e. The molecule has 0 fully saturated rings. The number of ether oxygens (including phenoxy) is 1. The van der Waals surface area contributed by atoms with Crippen LogP contribution < -0.4 is 5.32 Å². The molecule has 0 saturated heterocycles. The van der Waals surface area contributed by atoms with Gasteiger partial charge in [-0.2, -0.15) is 5.10 Å². The number of nitrogens with one attached hydrogen (secondary N) is 1. The van der Waals surface area contributed by atoms with Gasteiger partial charge in [0.2, 0.25) is 0 Å². The zero-order valence-corrected chi connectivity index (χ0v) is 11.6. The number of hydrogen-bond acceptors (Lipinski definition) is 5. The van der Waals surface area contributed by atoms with Gasteiger partial charge in [0, 0.05) is 26.7 Å². The fourth-order valence-electron chi connectivity index (χ4n) is 1.67. The molecule has 0 aromatic carbocycles. The summed E-state index contributed by atoms with van der Waals surface area (Å²) in [7, 11) is 5.77. The molecule has 1 aromatic heterocycles. The Labute approximate surface area is 108 Å². The Hall–Kier alpha value is -1.40. The summed E-state index contributed by atoms with van der Waals surface area (Å²) in [5, 5.41) is 7.22. The molecule has 0 aliphatic rings. The quantitative estimate of drug-likeness (QED) is 0.707. The molecule has 18 heavy (non-hydrogen) atoms. The highest BCUT2D eigenvalue weighted by atomic mass is 16.5. The van der Waals surface area contributed by atoms with Gasteiger partial charge < -0.3 is 10.1 Å². The van der Waals surface area contributed by atoms with Crippen molar-refractivity contribution in [1.82, 2.24) is 20.0 Å². The summed E-state index contributed by atoms with van der Waals surface area (Å²) in [5.74, 6) is -0.303. The topological polar surface area (TPSA) is 59.4 Å². The van der Waals surface area contributed by atoms with Gasteiger partial charge in [0.05, 0.1) is 18.5 Å². The molecule has 0 bridgehead atoms. The Balaban J connectivity index is 2.74. The van der Waals surface area contributed by atoms with Crippen molar-refractivity contribution >= 4 is 5.97 Å². The van der Waals surface area contributed by atoms with Crippen molar-refractivity contribution in [3.05, 3.63) is 17.5 Å². The molecule has 0 unspecified atom stereocenters. The standard InChI is InChI=1S/C12H22N4O2/c1-5-18-12(17)10-8-14-16(4)11(10)9-15(3)7-6-13-2/h8,13H,5-7,9H2,1-4H3. The summed E-state index contributed by atoms with van der Waals surface area (Å²) >= 11 is 0. The first kappa shape index (κ1) is 14.7. The predicted molar refractivity (Wildman–Crippen MR) is 69.4 cm³/mol. The second-order valence-corrected chi connectivity index (χ2v) is 4.19. The predicted octanol–water partition coefficient (Wildman–Crippen LogP) is 0.248. The Bertz CT molecular complexity index is 389. The van der Waals surface area contributed by atoms with Gasteiger partial charge in [-0.3, -0.25) is 9.58 Å². The van der Waals surface area contributed by atoms with Crippen LogP contribution in [0, 0.1) is 0 Å². The molecule has 0 aliphatic heterocycles. The minimum absolute atomic E-state index is 0.303. The molecule has 0 saturated carbocycles. The van der Waals surface area contributed by atoms with Crippen molar-refractivity contribution in [3.63, 3.8) is 0 Å². The SMILES string of the molecule is CCOC(=O)c1cnn(C)c1CN(C)CCNC. The van der Waals surface area contributed by atoms with Crippen LogP contribution in [0.15, 0.2) is 6.20 Å².